The molecule has 4 heteroatoms. The largest absolute Gasteiger partial charge is 0.330 e. The van der Waals surface area contributed by atoms with Gasteiger partial charge in [-0.15, -0.1) is 0 Å². The van der Waals surface area contributed by atoms with Crippen molar-refractivity contribution in [1.82, 2.24) is 0 Å². The van der Waals surface area contributed by atoms with Gasteiger partial charge in [-0.25, -0.2) is 4.39 Å². The minimum Gasteiger partial charge on any atom is -0.330 e. The molecule has 2 nitrogen and oxygen atoms in total. The molecule has 0 amide bonds. The van der Waals surface area contributed by atoms with E-state index in [1.165, 1.54) is 12.1 Å². The van der Waals surface area contributed by atoms with Gasteiger partial charge >= 0.3 is 0 Å². The fourth-order valence-corrected chi connectivity index (χ4v) is 1.36. The van der Waals surface area contributed by atoms with E-state index in [0.29, 0.717) is 12.1 Å². The maximum Gasteiger partial charge on any atom is 0.141 e. The van der Waals surface area contributed by atoms with Crippen molar-refractivity contribution in [3.63, 3.8) is 0 Å². The number of carbonyl (C=O) groups excluding carboxylic acids is 1. The standard InChI is InChI=1S/C11H13ClFNO/c1-7(6-14)11(15)5-8-2-3-10(13)9(12)4-8/h2-4,7H,5-6,14H2,1H3. The Morgan fingerprint density at radius 2 is 2.27 bits per heavy atom. The summed E-state index contributed by atoms with van der Waals surface area (Å²) in [6, 6.07) is 4.29. The highest BCUT2D eigenvalue weighted by molar-refractivity contribution is 6.30. The number of hydrogen-bond acceptors (Lipinski definition) is 2. The van der Waals surface area contributed by atoms with Gasteiger partial charge in [0.15, 0.2) is 0 Å². The van der Waals surface area contributed by atoms with Crippen molar-refractivity contribution in [2.24, 2.45) is 11.7 Å². The van der Waals surface area contributed by atoms with Gasteiger partial charge in [0.25, 0.3) is 0 Å². The zero-order valence-electron chi connectivity index (χ0n) is 8.47. The SMILES string of the molecule is CC(CN)C(=O)Cc1ccc(F)c(Cl)c1. The molecule has 0 aliphatic rings. The summed E-state index contributed by atoms with van der Waals surface area (Å²) >= 11 is 5.60. The Balaban J connectivity index is 2.73. The molecule has 0 saturated carbocycles. The number of Topliss-reactive ketones (excluding diaryl/α,β-unsaturated/α-hetero) is 1. The highest BCUT2D eigenvalue weighted by Gasteiger charge is 2.12. The van der Waals surface area contributed by atoms with E-state index in [4.69, 9.17) is 17.3 Å². The third-order valence-corrected chi connectivity index (χ3v) is 2.56. The van der Waals surface area contributed by atoms with Gasteiger partial charge in [-0.1, -0.05) is 24.6 Å². The van der Waals surface area contributed by atoms with E-state index in [-0.39, 0.29) is 23.1 Å². The summed E-state index contributed by atoms with van der Waals surface area (Å²) in [5.41, 5.74) is 6.09. The molecule has 0 spiro atoms. The van der Waals surface area contributed by atoms with E-state index in [9.17, 15) is 9.18 Å². The molecule has 1 rings (SSSR count). The Morgan fingerprint density at radius 3 is 2.80 bits per heavy atom. The first-order valence-electron chi connectivity index (χ1n) is 4.71. The monoisotopic (exact) mass is 229 g/mol. The smallest absolute Gasteiger partial charge is 0.141 e. The van der Waals surface area contributed by atoms with E-state index >= 15 is 0 Å². The summed E-state index contributed by atoms with van der Waals surface area (Å²) in [5, 5.41) is 0.0423. The molecule has 0 fully saturated rings. The number of rotatable bonds is 4. The summed E-state index contributed by atoms with van der Waals surface area (Å²) in [6.07, 6.45) is 0.248. The van der Waals surface area contributed by atoms with Crippen LogP contribution in [0, 0.1) is 11.7 Å². The van der Waals surface area contributed by atoms with Crippen LogP contribution in [0.25, 0.3) is 0 Å². The molecular formula is C11H13ClFNO. The minimum atomic E-state index is -0.472. The van der Waals surface area contributed by atoms with Crippen LogP contribution in [-0.4, -0.2) is 12.3 Å². The molecule has 1 aromatic rings. The Morgan fingerprint density at radius 1 is 1.60 bits per heavy atom. The highest BCUT2D eigenvalue weighted by atomic mass is 35.5. The van der Waals surface area contributed by atoms with Gasteiger partial charge in [0.1, 0.15) is 11.6 Å². The summed E-state index contributed by atoms with van der Waals surface area (Å²) in [6.45, 7) is 2.10. The van der Waals surface area contributed by atoms with E-state index < -0.39 is 5.82 Å². The maximum atomic E-state index is 12.8. The molecule has 0 heterocycles. The number of carbonyl (C=O) groups is 1. The number of nitrogens with two attached hydrogens (primary N) is 1. The van der Waals surface area contributed by atoms with Crippen LogP contribution in [0.1, 0.15) is 12.5 Å². The topological polar surface area (TPSA) is 43.1 Å². The van der Waals surface area contributed by atoms with Gasteiger partial charge in [-0.2, -0.15) is 0 Å². The Kier molecular flexibility index (Phi) is 4.24. The highest BCUT2D eigenvalue weighted by Crippen LogP contribution is 2.17. The maximum absolute atomic E-state index is 12.8. The van der Waals surface area contributed by atoms with Gasteiger partial charge < -0.3 is 5.73 Å². The molecule has 0 aromatic heterocycles. The molecule has 0 bridgehead atoms. The van der Waals surface area contributed by atoms with E-state index in [1.807, 2.05) is 0 Å². The van der Waals surface area contributed by atoms with Gasteiger partial charge in [-0.3, -0.25) is 4.79 Å². The molecule has 0 aliphatic heterocycles. The zero-order valence-corrected chi connectivity index (χ0v) is 9.22. The molecule has 0 saturated heterocycles. The molecule has 1 aromatic carbocycles. The van der Waals surface area contributed by atoms with Crippen LogP contribution in [0.2, 0.25) is 5.02 Å². The Labute approximate surface area is 93.2 Å². The third-order valence-electron chi connectivity index (χ3n) is 2.27. The first-order chi connectivity index (χ1) is 7.04. The predicted octanol–water partition coefficient (Wildman–Crippen LogP) is 2.19. The van der Waals surface area contributed by atoms with Crippen LogP contribution >= 0.6 is 11.6 Å². The molecule has 0 radical (unpaired) electrons. The second-order valence-electron chi connectivity index (χ2n) is 3.53. The third kappa shape index (κ3) is 3.29. The normalized spacial score (nSPS) is 12.5. The van der Waals surface area contributed by atoms with Crippen LogP contribution < -0.4 is 5.73 Å². The Bertz CT molecular complexity index is 368. The Hall–Kier alpha value is -0.930. The van der Waals surface area contributed by atoms with Crippen molar-refractivity contribution in [1.29, 1.82) is 0 Å². The summed E-state index contributed by atoms with van der Waals surface area (Å²) in [4.78, 5) is 11.5. The molecule has 15 heavy (non-hydrogen) atoms. The molecule has 82 valence electrons. The van der Waals surface area contributed by atoms with Gasteiger partial charge in [0.2, 0.25) is 0 Å². The summed E-state index contributed by atoms with van der Waals surface area (Å²) < 4.78 is 12.8. The average molecular weight is 230 g/mol. The lowest BCUT2D eigenvalue weighted by Gasteiger charge is -2.07. The first kappa shape index (κ1) is 12.1. The van der Waals surface area contributed by atoms with Crippen LogP contribution in [0.3, 0.4) is 0 Å². The van der Waals surface area contributed by atoms with Crippen LogP contribution in [0.4, 0.5) is 4.39 Å². The van der Waals surface area contributed by atoms with Crippen molar-refractivity contribution in [3.05, 3.63) is 34.6 Å². The quantitative estimate of drug-likeness (QED) is 0.860. The van der Waals surface area contributed by atoms with E-state index in [1.54, 1.807) is 13.0 Å². The molecule has 0 aliphatic carbocycles. The fourth-order valence-electron chi connectivity index (χ4n) is 1.16. The predicted molar refractivity (Wildman–Crippen MR) is 58.3 cm³/mol. The minimum absolute atomic E-state index is 0.0418. The fraction of sp³-hybridized carbons (Fsp3) is 0.364. The van der Waals surface area contributed by atoms with Gasteiger partial charge in [0.05, 0.1) is 5.02 Å². The number of halogens is 2. The van der Waals surface area contributed by atoms with Crippen LogP contribution in [0.5, 0.6) is 0 Å². The molecule has 1 atom stereocenters. The average Bonchev–Trinajstić information content (AvgIpc) is 2.22. The van der Waals surface area contributed by atoms with E-state index in [2.05, 4.69) is 0 Å². The van der Waals surface area contributed by atoms with Crippen molar-refractivity contribution in [3.8, 4) is 0 Å². The van der Waals surface area contributed by atoms with Crippen LogP contribution in [-0.2, 0) is 11.2 Å². The second kappa shape index (κ2) is 5.24. The van der Waals surface area contributed by atoms with E-state index in [0.717, 1.165) is 0 Å². The lowest BCUT2D eigenvalue weighted by atomic mass is 10.00. The molecular weight excluding hydrogens is 217 g/mol. The van der Waals surface area contributed by atoms with Gasteiger partial charge in [-0.05, 0) is 17.7 Å². The lowest BCUT2D eigenvalue weighted by molar-refractivity contribution is -0.121. The molecule has 2 N–H and O–H groups in total. The van der Waals surface area contributed by atoms with Crippen molar-refractivity contribution in [2.45, 2.75) is 13.3 Å². The van der Waals surface area contributed by atoms with Crippen molar-refractivity contribution >= 4 is 17.4 Å². The second-order valence-corrected chi connectivity index (χ2v) is 3.94. The number of ketones is 1. The van der Waals surface area contributed by atoms with Crippen molar-refractivity contribution in [2.75, 3.05) is 6.54 Å². The van der Waals surface area contributed by atoms with Crippen molar-refractivity contribution < 1.29 is 9.18 Å². The summed E-state index contributed by atoms with van der Waals surface area (Å²) in [7, 11) is 0. The zero-order chi connectivity index (χ0) is 11.4. The summed E-state index contributed by atoms with van der Waals surface area (Å²) in [5.74, 6) is -0.603. The lowest BCUT2D eigenvalue weighted by Crippen LogP contribution is -2.22. The van der Waals surface area contributed by atoms with Gasteiger partial charge in [0, 0.05) is 18.9 Å². The molecule has 1 unspecified atom stereocenters. The number of hydrogen-bond donors (Lipinski definition) is 1. The van der Waals surface area contributed by atoms with Crippen LogP contribution in [0.15, 0.2) is 18.2 Å². The first-order valence-corrected chi connectivity index (χ1v) is 5.09. The number of benzene rings is 1.